The van der Waals surface area contributed by atoms with Gasteiger partial charge in [0, 0.05) is 6.04 Å². The fourth-order valence-corrected chi connectivity index (χ4v) is 3.18. The summed E-state index contributed by atoms with van der Waals surface area (Å²) in [6.45, 7) is 7.71. The predicted molar refractivity (Wildman–Crippen MR) is 85.2 cm³/mol. The van der Waals surface area contributed by atoms with Gasteiger partial charge in [-0.25, -0.2) is 0 Å². The minimum Gasteiger partial charge on any atom is -0.490 e. The van der Waals surface area contributed by atoms with Gasteiger partial charge in [0.05, 0.1) is 0 Å². The smallest absolute Gasteiger partial charge is 0.120 e. The van der Waals surface area contributed by atoms with E-state index in [2.05, 4.69) is 50.4 Å². The second kappa shape index (κ2) is 7.68. The van der Waals surface area contributed by atoms with E-state index in [-0.39, 0.29) is 0 Å². The summed E-state index contributed by atoms with van der Waals surface area (Å²) in [6.07, 6.45) is 6.69. The summed E-state index contributed by atoms with van der Waals surface area (Å²) >= 11 is 0. The van der Waals surface area contributed by atoms with Gasteiger partial charge in [0.15, 0.2) is 0 Å². The largest absolute Gasteiger partial charge is 0.490 e. The average molecular weight is 275 g/mol. The second-order valence-corrected chi connectivity index (χ2v) is 6.01. The first-order valence-electron chi connectivity index (χ1n) is 8.24. The molecule has 0 saturated heterocycles. The van der Waals surface area contributed by atoms with Crippen molar-refractivity contribution in [2.24, 2.45) is 5.92 Å². The van der Waals surface area contributed by atoms with Gasteiger partial charge in [0.1, 0.15) is 11.9 Å². The molecule has 1 fully saturated rings. The first kappa shape index (κ1) is 15.4. The minimum absolute atomic E-state index is 0.401. The molecule has 2 rings (SSSR count). The molecule has 0 aliphatic heterocycles. The Hall–Kier alpha value is -1.02. The number of hydrogen-bond donors (Lipinski definition) is 1. The molecule has 20 heavy (non-hydrogen) atoms. The minimum atomic E-state index is 0.401. The van der Waals surface area contributed by atoms with E-state index in [4.69, 9.17) is 4.74 Å². The highest BCUT2D eigenvalue weighted by molar-refractivity contribution is 5.30. The zero-order valence-corrected chi connectivity index (χ0v) is 13.2. The maximum atomic E-state index is 6.25. The van der Waals surface area contributed by atoms with E-state index in [1.165, 1.54) is 31.2 Å². The van der Waals surface area contributed by atoms with Crippen molar-refractivity contribution in [2.75, 3.05) is 6.54 Å². The van der Waals surface area contributed by atoms with E-state index < -0.39 is 0 Å². The maximum absolute atomic E-state index is 6.25. The van der Waals surface area contributed by atoms with Gasteiger partial charge in [-0.15, -0.1) is 0 Å². The summed E-state index contributed by atoms with van der Waals surface area (Å²) in [5.74, 6) is 1.72. The Morgan fingerprint density at radius 2 is 2.05 bits per heavy atom. The number of nitrogens with one attached hydrogen (secondary N) is 1. The molecule has 112 valence electrons. The molecular formula is C18H29NO. The fraction of sp³-hybridized carbons (Fsp3) is 0.667. The summed E-state index contributed by atoms with van der Waals surface area (Å²) in [4.78, 5) is 0. The Morgan fingerprint density at radius 3 is 2.75 bits per heavy atom. The Morgan fingerprint density at radius 1 is 1.25 bits per heavy atom. The third kappa shape index (κ3) is 3.99. The Balaban J connectivity index is 2.05. The third-order valence-corrected chi connectivity index (χ3v) is 4.44. The molecule has 1 aliphatic rings. The summed E-state index contributed by atoms with van der Waals surface area (Å²) < 4.78 is 6.25. The van der Waals surface area contributed by atoms with Crippen LogP contribution in [0.25, 0.3) is 0 Å². The van der Waals surface area contributed by atoms with Crippen molar-refractivity contribution in [3.63, 3.8) is 0 Å². The van der Waals surface area contributed by atoms with Crippen LogP contribution in [0.3, 0.4) is 0 Å². The fourth-order valence-electron chi connectivity index (χ4n) is 3.18. The second-order valence-electron chi connectivity index (χ2n) is 6.01. The first-order chi connectivity index (χ1) is 9.74. The predicted octanol–water partition coefficient (Wildman–Crippen LogP) is 4.70. The molecule has 1 saturated carbocycles. The molecule has 0 amide bonds. The van der Waals surface area contributed by atoms with Crippen molar-refractivity contribution >= 4 is 0 Å². The molecule has 1 aromatic rings. The molecule has 0 spiro atoms. The molecule has 1 aliphatic carbocycles. The molecule has 3 atom stereocenters. The lowest BCUT2D eigenvalue weighted by atomic mass is 9.88. The van der Waals surface area contributed by atoms with Crippen LogP contribution in [-0.4, -0.2) is 12.6 Å². The van der Waals surface area contributed by atoms with Crippen LogP contribution in [0.5, 0.6) is 5.75 Å². The lowest BCUT2D eigenvalue weighted by molar-refractivity contribution is 0.102. The van der Waals surface area contributed by atoms with E-state index in [0.29, 0.717) is 18.1 Å². The highest BCUT2D eigenvalue weighted by atomic mass is 16.5. The average Bonchev–Trinajstić information content (AvgIpc) is 2.47. The molecular weight excluding hydrogens is 246 g/mol. The standard InChI is InChI=1S/C18H29NO/c1-4-17(19-5-2)15-10-8-11-16(13-15)20-18-12-7-6-9-14(18)3/h8,10-11,13-14,17-19H,4-7,9,12H2,1-3H3. The molecule has 0 radical (unpaired) electrons. The Kier molecular flexibility index (Phi) is 5.90. The van der Waals surface area contributed by atoms with Crippen LogP contribution in [0, 0.1) is 5.92 Å². The van der Waals surface area contributed by atoms with Gasteiger partial charge in [-0.3, -0.25) is 0 Å². The molecule has 0 heterocycles. The van der Waals surface area contributed by atoms with Gasteiger partial charge in [-0.1, -0.05) is 39.3 Å². The van der Waals surface area contributed by atoms with Crippen molar-refractivity contribution in [2.45, 2.75) is 65.0 Å². The van der Waals surface area contributed by atoms with Crippen LogP contribution in [0.2, 0.25) is 0 Å². The summed E-state index contributed by atoms with van der Waals surface area (Å²) in [5, 5.41) is 3.53. The number of hydrogen-bond acceptors (Lipinski definition) is 2. The zero-order valence-electron chi connectivity index (χ0n) is 13.2. The van der Waals surface area contributed by atoms with Gasteiger partial charge >= 0.3 is 0 Å². The van der Waals surface area contributed by atoms with Gasteiger partial charge in [0.25, 0.3) is 0 Å². The van der Waals surface area contributed by atoms with Crippen LogP contribution in [0.4, 0.5) is 0 Å². The molecule has 3 unspecified atom stereocenters. The maximum Gasteiger partial charge on any atom is 0.120 e. The van der Waals surface area contributed by atoms with Crippen LogP contribution < -0.4 is 10.1 Å². The van der Waals surface area contributed by atoms with Crippen molar-refractivity contribution in [3.8, 4) is 5.75 Å². The van der Waals surface area contributed by atoms with Crippen molar-refractivity contribution in [1.29, 1.82) is 0 Å². The van der Waals surface area contributed by atoms with Crippen LogP contribution in [-0.2, 0) is 0 Å². The van der Waals surface area contributed by atoms with Crippen molar-refractivity contribution < 1.29 is 4.74 Å². The van der Waals surface area contributed by atoms with E-state index in [1.807, 2.05) is 0 Å². The van der Waals surface area contributed by atoms with E-state index in [0.717, 1.165) is 18.7 Å². The number of rotatable bonds is 6. The number of benzene rings is 1. The lowest BCUT2D eigenvalue weighted by Crippen LogP contribution is -2.28. The molecule has 2 nitrogen and oxygen atoms in total. The van der Waals surface area contributed by atoms with E-state index in [9.17, 15) is 0 Å². The lowest BCUT2D eigenvalue weighted by Gasteiger charge is -2.29. The summed E-state index contributed by atoms with van der Waals surface area (Å²) in [6, 6.07) is 9.08. The summed E-state index contributed by atoms with van der Waals surface area (Å²) in [5.41, 5.74) is 1.34. The topological polar surface area (TPSA) is 21.3 Å². The highest BCUT2D eigenvalue weighted by Gasteiger charge is 2.23. The number of ether oxygens (including phenoxy) is 1. The van der Waals surface area contributed by atoms with E-state index >= 15 is 0 Å². The van der Waals surface area contributed by atoms with Gasteiger partial charge in [-0.05, 0) is 55.8 Å². The summed E-state index contributed by atoms with van der Waals surface area (Å²) in [7, 11) is 0. The SMILES string of the molecule is CCNC(CC)c1cccc(OC2CCCCC2C)c1. The quantitative estimate of drug-likeness (QED) is 0.812. The Bertz CT molecular complexity index is 404. The van der Waals surface area contributed by atoms with Gasteiger partial charge in [-0.2, -0.15) is 0 Å². The first-order valence-corrected chi connectivity index (χ1v) is 8.24. The molecule has 1 aromatic carbocycles. The van der Waals surface area contributed by atoms with Crippen LogP contribution >= 0.6 is 0 Å². The van der Waals surface area contributed by atoms with Gasteiger partial charge < -0.3 is 10.1 Å². The van der Waals surface area contributed by atoms with Crippen molar-refractivity contribution in [3.05, 3.63) is 29.8 Å². The third-order valence-electron chi connectivity index (χ3n) is 4.44. The monoisotopic (exact) mass is 275 g/mol. The van der Waals surface area contributed by atoms with Crippen molar-refractivity contribution in [1.82, 2.24) is 5.32 Å². The Labute approximate surface area is 123 Å². The van der Waals surface area contributed by atoms with Crippen LogP contribution in [0.1, 0.15) is 64.5 Å². The van der Waals surface area contributed by atoms with Gasteiger partial charge in [0.2, 0.25) is 0 Å². The molecule has 1 N–H and O–H groups in total. The van der Waals surface area contributed by atoms with E-state index in [1.54, 1.807) is 0 Å². The highest BCUT2D eigenvalue weighted by Crippen LogP contribution is 2.29. The molecule has 0 aromatic heterocycles. The molecule has 0 bridgehead atoms. The normalized spacial score (nSPS) is 24.4. The van der Waals surface area contributed by atoms with Crippen LogP contribution in [0.15, 0.2) is 24.3 Å². The molecule has 2 heteroatoms. The zero-order chi connectivity index (χ0) is 14.4.